The first-order valence-corrected chi connectivity index (χ1v) is 5.61. The average molecular weight is 249 g/mol. The second kappa shape index (κ2) is 6.27. The molecule has 0 saturated carbocycles. The van der Waals surface area contributed by atoms with Gasteiger partial charge in [-0.3, -0.25) is 4.79 Å². The zero-order valence-corrected chi connectivity index (χ0v) is 9.61. The van der Waals surface area contributed by atoms with Gasteiger partial charge in [0.1, 0.15) is 24.4 Å². The first-order valence-electron chi connectivity index (χ1n) is 5.61. The molecule has 1 amide bonds. The van der Waals surface area contributed by atoms with E-state index in [9.17, 15) is 20.1 Å². The number of hydrogen-bond donors (Lipinski definition) is 5. The lowest BCUT2D eigenvalue weighted by Gasteiger charge is -2.40. The van der Waals surface area contributed by atoms with E-state index in [1.165, 1.54) is 0 Å². The van der Waals surface area contributed by atoms with E-state index >= 15 is 0 Å². The lowest BCUT2D eigenvalue weighted by molar-refractivity contribution is -0.253. The summed E-state index contributed by atoms with van der Waals surface area (Å²) in [6.45, 7) is 1.30. The number of amides is 1. The molecule has 0 spiro atoms. The van der Waals surface area contributed by atoms with Gasteiger partial charge < -0.3 is 30.5 Å². The van der Waals surface area contributed by atoms with Crippen LogP contribution in [0.5, 0.6) is 0 Å². The summed E-state index contributed by atoms with van der Waals surface area (Å²) < 4.78 is 4.89. The normalized spacial score (nSPS) is 37.8. The van der Waals surface area contributed by atoms with Gasteiger partial charge in [0.2, 0.25) is 5.91 Å². The number of aliphatic hydroxyl groups excluding tert-OH is 4. The summed E-state index contributed by atoms with van der Waals surface area (Å²) in [6.07, 6.45) is -4.35. The molecule has 5 atom stereocenters. The molecule has 5 N–H and O–H groups in total. The lowest BCUT2D eigenvalue weighted by atomic mass is 9.97. The van der Waals surface area contributed by atoms with Gasteiger partial charge in [0.05, 0.1) is 6.61 Å². The predicted octanol–water partition coefficient (Wildman–Crippen LogP) is -2.30. The van der Waals surface area contributed by atoms with Crippen LogP contribution in [-0.2, 0) is 9.53 Å². The van der Waals surface area contributed by atoms with Crippen molar-refractivity contribution in [1.82, 2.24) is 5.32 Å². The van der Waals surface area contributed by atoms with E-state index in [1.54, 1.807) is 0 Å². The summed E-state index contributed by atoms with van der Waals surface area (Å²) in [7, 11) is 0. The SMILES string of the molecule is CCCC(=O)NC1[C@H](O)OC(CO)[C@H](O)[C@@H]1O. The van der Waals surface area contributed by atoms with Crippen molar-refractivity contribution in [3.8, 4) is 0 Å². The number of carbonyl (C=O) groups excluding carboxylic acids is 1. The fraction of sp³-hybridized carbons (Fsp3) is 0.900. The van der Waals surface area contributed by atoms with Crippen molar-refractivity contribution in [2.45, 2.75) is 50.4 Å². The second-order valence-electron chi connectivity index (χ2n) is 4.07. The van der Waals surface area contributed by atoms with E-state index in [1.807, 2.05) is 6.92 Å². The molecule has 1 aliphatic rings. The number of rotatable bonds is 4. The van der Waals surface area contributed by atoms with Crippen LogP contribution in [-0.4, -0.2) is 63.6 Å². The van der Waals surface area contributed by atoms with Crippen molar-refractivity contribution in [2.24, 2.45) is 0 Å². The van der Waals surface area contributed by atoms with E-state index in [0.29, 0.717) is 6.42 Å². The molecule has 2 unspecified atom stereocenters. The smallest absolute Gasteiger partial charge is 0.220 e. The molecular formula is C10H19NO6. The number of hydrogen-bond acceptors (Lipinski definition) is 6. The highest BCUT2D eigenvalue weighted by Gasteiger charge is 2.44. The van der Waals surface area contributed by atoms with E-state index in [-0.39, 0.29) is 12.3 Å². The summed E-state index contributed by atoms with van der Waals surface area (Å²) in [6, 6.07) is -1.09. The van der Waals surface area contributed by atoms with Crippen LogP contribution in [0.2, 0.25) is 0 Å². The van der Waals surface area contributed by atoms with Crippen LogP contribution in [0.25, 0.3) is 0 Å². The maximum atomic E-state index is 11.3. The standard InChI is InChI=1S/C10H19NO6/c1-2-3-6(13)11-7-9(15)8(14)5(4-12)17-10(7)16/h5,7-10,12,14-16H,2-4H2,1H3,(H,11,13)/t5?,7?,8-,9+,10+/m0/s1. The molecule has 1 rings (SSSR count). The van der Waals surface area contributed by atoms with E-state index in [2.05, 4.69) is 5.32 Å². The van der Waals surface area contributed by atoms with Gasteiger partial charge in [-0.25, -0.2) is 0 Å². The van der Waals surface area contributed by atoms with Crippen LogP contribution in [0.3, 0.4) is 0 Å². The monoisotopic (exact) mass is 249 g/mol. The van der Waals surface area contributed by atoms with Gasteiger partial charge in [0.15, 0.2) is 6.29 Å². The largest absolute Gasteiger partial charge is 0.394 e. The molecule has 0 aliphatic carbocycles. The van der Waals surface area contributed by atoms with Crippen molar-refractivity contribution >= 4 is 5.91 Å². The van der Waals surface area contributed by atoms with Crippen molar-refractivity contribution in [2.75, 3.05) is 6.61 Å². The highest BCUT2D eigenvalue weighted by Crippen LogP contribution is 2.19. The Kier molecular flexibility index (Phi) is 5.29. The molecular weight excluding hydrogens is 230 g/mol. The molecule has 0 bridgehead atoms. The van der Waals surface area contributed by atoms with E-state index < -0.39 is 37.3 Å². The minimum absolute atomic E-state index is 0.259. The van der Waals surface area contributed by atoms with Crippen LogP contribution < -0.4 is 5.32 Å². The fourth-order valence-corrected chi connectivity index (χ4v) is 1.74. The van der Waals surface area contributed by atoms with Gasteiger partial charge >= 0.3 is 0 Å². The zero-order valence-electron chi connectivity index (χ0n) is 9.61. The van der Waals surface area contributed by atoms with Crippen molar-refractivity contribution in [1.29, 1.82) is 0 Å². The Morgan fingerprint density at radius 2 is 1.94 bits per heavy atom. The average Bonchev–Trinajstić information content (AvgIpc) is 2.29. The highest BCUT2D eigenvalue weighted by atomic mass is 16.6. The third-order valence-corrected chi connectivity index (χ3v) is 2.70. The molecule has 1 fully saturated rings. The third-order valence-electron chi connectivity index (χ3n) is 2.70. The number of aliphatic hydroxyl groups is 4. The van der Waals surface area contributed by atoms with Gasteiger partial charge in [0.25, 0.3) is 0 Å². The number of ether oxygens (including phenoxy) is 1. The van der Waals surface area contributed by atoms with Crippen LogP contribution in [0.4, 0.5) is 0 Å². The summed E-state index contributed by atoms with van der Waals surface area (Å²) in [4.78, 5) is 11.3. The lowest BCUT2D eigenvalue weighted by Crippen LogP contribution is -2.64. The Balaban J connectivity index is 2.63. The van der Waals surface area contributed by atoms with Crippen molar-refractivity contribution in [3.63, 3.8) is 0 Å². The van der Waals surface area contributed by atoms with Gasteiger partial charge in [-0.05, 0) is 6.42 Å². The molecule has 0 aromatic carbocycles. The van der Waals surface area contributed by atoms with Gasteiger partial charge in [0, 0.05) is 6.42 Å². The maximum Gasteiger partial charge on any atom is 0.220 e. The van der Waals surface area contributed by atoms with Gasteiger partial charge in [-0.1, -0.05) is 6.92 Å². The molecule has 1 aliphatic heterocycles. The van der Waals surface area contributed by atoms with E-state index in [0.717, 1.165) is 0 Å². The summed E-state index contributed by atoms with van der Waals surface area (Å²) >= 11 is 0. The summed E-state index contributed by atoms with van der Waals surface area (Å²) in [5.74, 6) is -0.339. The Labute approximate surface area is 99.0 Å². The zero-order chi connectivity index (χ0) is 13.0. The summed E-state index contributed by atoms with van der Waals surface area (Å²) in [5.41, 5.74) is 0. The molecule has 7 heteroatoms. The molecule has 7 nitrogen and oxygen atoms in total. The number of nitrogens with one attached hydrogen (secondary N) is 1. The Morgan fingerprint density at radius 1 is 1.29 bits per heavy atom. The molecule has 17 heavy (non-hydrogen) atoms. The summed E-state index contributed by atoms with van der Waals surface area (Å²) in [5, 5.41) is 40.1. The van der Waals surface area contributed by atoms with E-state index in [4.69, 9.17) is 9.84 Å². The van der Waals surface area contributed by atoms with Crippen LogP contribution in [0, 0.1) is 0 Å². The Hall–Kier alpha value is -0.730. The fourth-order valence-electron chi connectivity index (χ4n) is 1.74. The molecule has 0 aromatic heterocycles. The molecule has 100 valence electrons. The Bertz CT molecular complexity index is 261. The topological polar surface area (TPSA) is 119 Å². The van der Waals surface area contributed by atoms with Crippen LogP contribution in [0.15, 0.2) is 0 Å². The second-order valence-corrected chi connectivity index (χ2v) is 4.07. The Morgan fingerprint density at radius 3 is 2.47 bits per heavy atom. The minimum atomic E-state index is -1.45. The predicted molar refractivity (Wildman–Crippen MR) is 56.8 cm³/mol. The highest BCUT2D eigenvalue weighted by molar-refractivity contribution is 5.76. The maximum absolute atomic E-state index is 11.3. The quantitative estimate of drug-likeness (QED) is 0.382. The molecule has 0 aromatic rings. The van der Waals surface area contributed by atoms with Crippen LogP contribution >= 0.6 is 0 Å². The molecule has 1 heterocycles. The first kappa shape index (κ1) is 14.3. The van der Waals surface area contributed by atoms with Crippen molar-refractivity contribution < 1.29 is 30.0 Å². The van der Waals surface area contributed by atoms with Gasteiger partial charge in [-0.15, -0.1) is 0 Å². The molecule has 0 radical (unpaired) electrons. The first-order chi connectivity index (χ1) is 8.01. The molecule has 1 saturated heterocycles. The van der Waals surface area contributed by atoms with Gasteiger partial charge in [-0.2, -0.15) is 0 Å². The third kappa shape index (κ3) is 3.36. The van der Waals surface area contributed by atoms with Crippen LogP contribution in [0.1, 0.15) is 19.8 Å². The minimum Gasteiger partial charge on any atom is -0.394 e. The van der Waals surface area contributed by atoms with Crippen molar-refractivity contribution in [3.05, 3.63) is 0 Å². The number of carbonyl (C=O) groups is 1.